The quantitative estimate of drug-likeness (QED) is 0.757. The fourth-order valence-corrected chi connectivity index (χ4v) is 3.22. The Labute approximate surface area is 140 Å². The van der Waals surface area contributed by atoms with E-state index in [4.69, 9.17) is 9.47 Å². The number of nitrogens with zero attached hydrogens (tertiary/aromatic N) is 1. The minimum atomic E-state index is 0.0767. The SMILES string of the molecule is COc1cc(/C=C/C(=O)N2CCCCCC2)cc(Br)c1OC. The van der Waals surface area contributed by atoms with Crippen LogP contribution in [0.4, 0.5) is 0 Å². The summed E-state index contributed by atoms with van der Waals surface area (Å²) in [5.41, 5.74) is 0.896. The van der Waals surface area contributed by atoms with Crippen molar-refractivity contribution in [3.63, 3.8) is 0 Å². The predicted octanol–water partition coefficient (Wildman–Crippen LogP) is 3.88. The van der Waals surface area contributed by atoms with E-state index in [0.29, 0.717) is 11.5 Å². The lowest BCUT2D eigenvalue weighted by Crippen LogP contribution is -2.30. The predicted molar refractivity (Wildman–Crippen MR) is 91.3 cm³/mol. The molecule has 5 heteroatoms. The Morgan fingerprint density at radius 3 is 2.41 bits per heavy atom. The molecule has 0 atom stereocenters. The van der Waals surface area contributed by atoms with Crippen LogP contribution < -0.4 is 9.47 Å². The van der Waals surface area contributed by atoms with Crippen LogP contribution in [0.5, 0.6) is 11.5 Å². The van der Waals surface area contributed by atoms with E-state index in [1.54, 1.807) is 20.3 Å². The molecule has 2 rings (SSSR count). The summed E-state index contributed by atoms with van der Waals surface area (Å²) in [6.07, 6.45) is 8.09. The van der Waals surface area contributed by atoms with E-state index >= 15 is 0 Å². The smallest absolute Gasteiger partial charge is 0.246 e. The molecular weight excluding hydrogens is 346 g/mol. The summed E-state index contributed by atoms with van der Waals surface area (Å²) in [6, 6.07) is 3.77. The maximum absolute atomic E-state index is 12.3. The highest BCUT2D eigenvalue weighted by molar-refractivity contribution is 9.10. The minimum Gasteiger partial charge on any atom is -0.493 e. The molecule has 120 valence electrons. The Bertz CT molecular complexity index is 549. The van der Waals surface area contributed by atoms with Crippen LogP contribution >= 0.6 is 15.9 Å². The highest BCUT2D eigenvalue weighted by atomic mass is 79.9. The molecule has 0 radical (unpaired) electrons. The number of ether oxygens (including phenoxy) is 2. The zero-order valence-corrected chi connectivity index (χ0v) is 14.7. The summed E-state index contributed by atoms with van der Waals surface area (Å²) in [4.78, 5) is 14.2. The standard InChI is InChI=1S/C17H22BrNO3/c1-21-15-12-13(11-14(18)17(15)22-2)7-8-16(20)19-9-5-3-4-6-10-19/h7-8,11-12H,3-6,9-10H2,1-2H3/b8-7+. The lowest BCUT2D eigenvalue weighted by atomic mass is 10.2. The number of rotatable bonds is 4. The lowest BCUT2D eigenvalue weighted by molar-refractivity contribution is -0.125. The van der Waals surface area contributed by atoms with Crippen molar-refractivity contribution in [2.24, 2.45) is 0 Å². The third kappa shape index (κ3) is 4.26. The van der Waals surface area contributed by atoms with Gasteiger partial charge in [0.15, 0.2) is 11.5 Å². The molecule has 0 saturated carbocycles. The molecule has 1 fully saturated rings. The molecule has 0 bridgehead atoms. The van der Waals surface area contributed by atoms with Crippen LogP contribution in [0, 0.1) is 0 Å². The summed E-state index contributed by atoms with van der Waals surface area (Å²) in [7, 11) is 3.20. The second kappa shape index (κ2) is 8.22. The molecule has 1 heterocycles. The van der Waals surface area contributed by atoms with E-state index in [0.717, 1.165) is 36.0 Å². The first-order valence-electron chi connectivity index (χ1n) is 7.54. The molecule has 1 aromatic rings. The molecule has 0 N–H and O–H groups in total. The lowest BCUT2D eigenvalue weighted by Gasteiger charge is -2.18. The first-order chi connectivity index (χ1) is 10.7. The van der Waals surface area contributed by atoms with Crippen molar-refractivity contribution in [1.82, 2.24) is 4.90 Å². The molecular formula is C17H22BrNO3. The van der Waals surface area contributed by atoms with Crippen molar-refractivity contribution in [2.75, 3.05) is 27.3 Å². The Kier molecular flexibility index (Phi) is 6.31. The summed E-state index contributed by atoms with van der Waals surface area (Å²) < 4.78 is 11.4. The zero-order chi connectivity index (χ0) is 15.9. The van der Waals surface area contributed by atoms with Gasteiger partial charge in [-0.05, 0) is 52.5 Å². The van der Waals surface area contributed by atoms with Gasteiger partial charge >= 0.3 is 0 Å². The Hall–Kier alpha value is -1.49. The average Bonchev–Trinajstić information content (AvgIpc) is 2.81. The van der Waals surface area contributed by atoms with Gasteiger partial charge in [0.1, 0.15) is 0 Å². The third-order valence-electron chi connectivity index (χ3n) is 3.79. The molecule has 1 saturated heterocycles. The van der Waals surface area contributed by atoms with Gasteiger partial charge in [-0.1, -0.05) is 12.8 Å². The molecule has 1 aliphatic rings. The van der Waals surface area contributed by atoms with Crippen molar-refractivity contribution in [2.45, 2.75) is 25.7 Å². The second-order valence-electron chi connectivity index (χ2n) is 5.31. The van der Waals surface area contributed by atoms with Gasteiger partial charge in [-0.3, -0.25) is 4.79 Å². The van der Waals surface area contributed by atoms with Crippen LogP contribution in [0.15, 0.2) is 22.7 Å². The van der Waals surface area contributed by atoms with Gasteiger partial charge in [0.25, 0.3) is 0 Å². The fraction of sp³-hybridized carbons (Fsp3) is 0.471. The number of carbonyl (C=O) groups is 1. The molecule has 0 aromatic heterocycles. The summed E-state index contributed by atoms with van der Waals surface area (Å²) in [5, 5.41) is 0. The van der Waals surface area contributed by atoms with Gasteiger partial charge in [-0.2, -0.15) is 0 Å². The molecule has 0 spiro atoms. The first-order valence-corrected chi connectivity index (χ1v) is 8.33. The normalized spacial score (nSPS) is 15.7. The van der Waals surface area contributed by atoms with Crippen LogP contribution in [-0.4, -0.2) is 38.1 Å². The maximum atomic E-state index is 12.3. The number of amides is 1. The Balaban J connectivity index is 2.12. The number of methoxy groups -OCH3 is 2. The zero-order valence-electron chi connectivity index (χ0n) is 13.1. The largest absolute Gasteiger partial charge is 0.493 e. The van der Waals surface area contributed by atoms with Crippen LogP contribution in [-0.2, 0) is 4.79 Å². The molecule has 4 nitrogen and oxygen atoms in total. The van der Waals surface area contributed by atoms with Gasteiger partial charge in [-0.25, -0.2) is 0 Å². The molecule has 1 aliphatic heterocycles. The monoisotopic (exact) mass is 367 g/mol. The fourth-order valence-electron chi connectivity index (χ4n) is 2.60. The highest BCUT2D eigenvalue weighted by Crippen LogP contribution is 2.36. The molecule has 0 aliphatic carbocycles. The van der Waals surface area contributed by atoms with E-state index < -0.39 is 0 Å². The van der Waals surface area contributed by atoms with Crippen LogP contribution in [0.3, 0.4) is 0 Å². The number of carbonyl (C=O) groups excluding carboxylic acids is 1. The number of hydrogen-bond donors (Lipinski definition) is 0. The molecule has 1 amide bonds. The van der Waals surface area contributed by atoms with Crippen LogP contribution in [0.2, 0.25) is 0 Å². The van der Waals surface area contributed by atoms with Crippen molar-refractivity contribution in [1.29, 1.82) is 0 Å². The number of hydrogen-bond acceptors (Lipinski definition) is 3. The second-order valence-corrected chi connectivity index (χ2v) is 6.17. The number of halogens is 1. The Morgan fingerprint density at radius 2 is 1.82 bits per heavy atom. The molecule has 1 aromatic carbocycles. The average molecular weight is 368 g/mol. The van der Waals surface area contributed by atoms with Crippen molar-refractivity contribution in [3.8, 4) is 11.5 Å². The van der Waals surface area contributed by atoms with E-state index in [9.17, 15) is 4.79 Å². The summed E-state index contributed by atoms with van der Waals surface area (Å²) in [5.74, 6) is 1.37. The van der Waals surface area contributed by atoms with Gasteiger partial charge in [-0.15, -0.1) is 0 Å². The van der Waals surface area contributed by atoms with Crippen molar-refractivity contribution in [3.05, 3.63) is 28.2 Å². The number of benzene rings is 1. The van der Waals surface area contributed by atoms with Gasteiger partial charge in [0, 0.05) is 19.2 Å². The van der Waals surface area contributed by atoms with Gasteiger partial charge in [0.05, 0.1) is 18.7 Å². The van der Waals surface area contributed by atoms with Crippen LogP contribution in [0.25, 0.3) is 6.08 Å². The van der Waals surface area contributed by atoms with E-state index in [1.165, 1.54) is 12.8 Å². The van der Waals surface area contributed by atoms with Crippen molar-refractivity contribution >= 4 is 27.9 Å². The first kappa shape index (κ1) is 16.9. The molecule has 22 heavy (non-hydrogen) atoms. The molecule has 0 unspecified atom stereocenters. The third-order valence-corrected chi connectivity index (χ3v) is 4.38. The minimum absolute atomic E-state index is 0.0767. The van der Waals surface area contributed by atoms with Crippen molar-refractivity contribution < 1.29 is 14.3 Å². The number of likely N-dealkylation sites (tertiary alicyclic amines) is 1. The van der Waals surface area contributed by atoms with E-state index in [-0.39, 0.29) is 5.91 Å². The van der Waals surface area contributed by atoms with Gasteiger partial charge in [0.2, 0.25) is 5.91 Å². The van der Waals surface area contributed by atoms with E-state index in [2.05, 4.69) is 15.9 Å². The summed E-state index contributed by atoms with van der Waals surface area (Å²) in [6.45, 7) is 1.72. The highest BCUT2D eigenvalue weighted by Gasteiger charge is 2.13. The maximum Gasteiger partial charge on any atom is 0.246 e. The van der Waals surface area contributed by atoms with Crippen LogP contribution in [0.1, 0.15) is 31.2 Å². The van der Waals surface area contributed by atoms with Gasteiger partial charge < -0.3 is 14.4 Å². The van der Waals surface area contributed by atoms with E-state index in [1.807, 2.05) is 23.1 Å². The summed E-state index contributed by atoms with van der Waals surface area (Å²) >= 11 is 3.46. The topological polar surface area (TPSA) is 38.8 Å². The Morgan fingerprint density at radius 1 is 1.14 bits per heavy atom.